The molecular formula is C14H13N5OS2. The van der Waals surface area contributed by atoms with Crippen LogP contribution in [-0.4, -0.2) is 38.8 Å². The van der Waals surface area contributed by atoms with E-state index < -0.39 is 0 Å². The number of hydrogen-bond donors (Lipinski definition) is 1. The molecule has 0 unspecified atom stereocenters. The Morgan fingerprint density at radius 1 is 1.36 bits per heavy atom. The number of nitrogen functional groups attached to an aromatic ring is 1. The predicted octanol–water partition coefficient (Wildman–Crippen LogP) is 2.36. The number of fused-ring (bicyclic) bond motifs is 1. The van der Waals surface area contributed by atoms with E-state index in [4.69, 9.17) is 5.73 Å². The van der Waals surface area contributed by atoms with Crippen LogP contribution in [0.5, 0.6) is 0 Å². The Kier molecular flexibility index (Phi) is 3.27. The second kappa shape index (κ2) is 5.29. The molecule has 0 radical (unpaired) electrons. The van der Waals surface area contributed by atoms with Crippen LogP contribution in [0.1, 0.15) is 27.7 Å². The predicted molar refractivity (Wildman–Crippen MR) is 87.2 cm³/mol. The second-order valence-electron chi connectivity index (χ2n) is 5.21. The molecule has 0 bridgehead atoms. The lowest BCUT2D eigenvalue weighted by Crippen LogP contribution is -2.27. The van der Waals surface area contributed by atoms with E-state index >= 15 is 0 Å². The Balaban J connectivity index is 1.55. The molecule has 1 amide bonds. The molecule has 3 aromatic heterocycles. The van der Waals surface area contributed by atoms with E-state index in [1.54, 1.807) is 11.7 Å². The van der Waals surface area contributed by atoms with Crippen LogP contribution in [0, 0.1) is 0 Å². The minimum absolute atomic E-state index is 0.0592. The van der Waals surface area contributed by atoms with Crippen molar-refractivity contribution in [1.29, 1.82) is 0 Å². The molecule has 0 aliphatic carbocycles. The summed E-state index contributed by atoms with van der Waals surface area (Å²) in [7, 11) is 0. The third-order valence-corrected chi connectivity index (χ3v) is 5.43. The van der Waals surface area contributed by atoms with E-state index in [0.717, 1.165) is 23.4 Å². The second-order valence-corrected chi connectivity index (χ2v) is 7.16. The Morgan fingerprint density at radius 3 is 3.09 bits per heavy atom. The third kappa shape index (κ3) is 2.34. The molecule has 8 heteroatoms. The van der Waals surface area contributed by atoms with Gasteiger partial charge in [0.2, 0.25) is 0 Å². The molecule has 1 atom stereocenters. The maximum absolute atomic E-state index is 12.3. The summed E-state index contributed by atoms with van der Waals surface area (Å²) in [6, 6.07) is 4.03. The van der Waals surface area contributed by atoms with Crippen molar-refractivity contribution in [3.05, 3.63) is 34.4 Å². The van der Waals surface area contributed by atoms with E-state index in [1.807, 2.05) is 17.0 Å². The van der Waals surface area contributed by atoms with Gasteiger partial charge in [0.05, 0.1) is 16.4 Å². The van der Waals surface area contributed by atoms with Gasteiger partial charge in [0.1, 0.15) is 4.88 Å². The van der Waals surface area contributed by atoms with Gasteiger partial charge in [0.15, 0.2) is 10.8 Å². The van der Waals surface area contributed by atoms with E-state index in [-0.39, 0.29) is 11.8 Å². The monoisotopic (exact) mass is 331 g/mol. The van der Waals surface area contributed by atoms with Crippen molar-refractivity contribution in [1.82, 2.24) is 19.9 Å². The fourth-order valence-electron chi connectivity index (χ4n) is 2.74. The quantitative estimate of drug-likeness (QED) is 0.779. The molecule has 1 aliphatic heterocycles. The zero-order valence-corrected chi connectivity index (χ0v) is 13.2. The molecule has 0 aromatic carbocycles. The Labute approximate surface area is 134 Å². The van der Waals surface area contributed by atoms with Crippen molar-refractivity contribution in [2.45, 2.75) is 12.3 Å². The highest BCUT2D eigenvalue weighted by molar-refractivity contribution is 7.21. The number of pyridine rings is 1. The molecule has 0 saturated carbocycles. The zero-order valence-electron chi connectivity index (χ0n) is 11.6. The summed E-state index contributed by atoms with van der Waals surface area (Å²) in [5, 5.41) is 0.535. The molecule has 3 aromatic rings. The number of carbonyl (C=O) groups is 1. The van der Waals surface area contributed by atoms with Gasteiger partial charge in [-0.1, -0.05) is 11.3 Å². The number of nitrogens with zero attached hydrogens (tertiary/aromatic N) is 4. The molecule has 1 saturated heterocycles. The number of anilines is 1. The van der Waals surface area contributed by atoms with Crippen molar-refractivity contribution >= 4 is 44.1 Å². The van der Waals surface area contributed by atoms with Crippen molar-refractivity contribution < 1.29 is 4.79 Å². The Morgan fingerprint density at radius 2 is 2.27 bits per heavy atom. The first kappa shape index (κ1) is 13.6. The summed E-state index contributed by atoms with van der Waals surface area (Å²) in [4.78, 5) is 27.7. The van der Waals surface area contributed by atoms with Crippen molar-refractivity contribution in [2.24, 2.45) is 0 Å². The van der Waals surface area contributed by atoms with Crippen molar-refractivity contribution in [3.63, 3.8) is 0 Å². The summed E-state index contributed by atoms with van der Waals surface area (Å²) in [6.45, 7) is 1.44. The first-order valence-electron chi connectivity index (χ1n) is 6.91. The topological polar surface area (TPSA) is 85.0 Å². The summed E-state index contributed by atoms with van der Waals surface area (Å²) < 4.78 is 0.997. The van der Waals surface area contributed by atoms with Gasteiger partial charge in [0, 0.05) is 24.7 Å². The molecule has 4 heterocycles. The molecule has 6 nitrogen and oxygen atoms in total. The number of nitrogens with two attached hydrogens (primary N) is 1. The molecule has 22 heavy (non-hydrogen) atoms. The summed E-state index contributed by atoms with van der Waals surface area (Å²) in [5.41, 5.74) is 9.09. The molecular weight excluding hydrogens is 318 g/mol. The van der Waals surface area contributed by atoms with Crippen LogP contribution in [0.15, 0.2) is 23.8 Å². The van der Waals surface area contributed by atoms with Gasteiger partial charge in [-0.2, -0.15) is 0 Å². The van der Waals surface area contributed by atoms with Gasteiger partial charge in [-0.15, -0.1) is 11.3 Å². The van der Waals surface area contributed by atoms with Crippen LogP contribution in [-0.2, 0) is 0 Å². The highest BCUT2D eigenvalue weighted by atomic mass is 32.1. The third-order valence-electron chi connectivity index (χ3n) is 3.83. The molecule has 1 fully saturated rings. The van der Waals surface area contributed by atoms with Gasteiger partial charge in [-0.3, -0.25) is 9.78 Å². The Hall–Kier alpha value is -2.06. The number of thiazole rings is 2. The smallest absolute Gasteiger partial charge is 0.265 e. The SMILES string of the molecule is Nc1nc2nc([C@H]3CCN(C(=O)c4cncs4)C3)ccc2s1. The average Bonchev–Trinajstić information content (AvgIpc) is 3.25. The van der Waals surface area contributed by atoms with Gasteiger partial charge >= 0.3 is 0 Å². The van der Waals surface area contributed by atoms with Crippen LogP contribution >= 0.6 is 22.7 Å². The van der Waals surface area contributed by atoms with Gasteiger partial charge in [-0.05, 0) is 18.6 Å². The van der Waals surface area contributed by atoms with Crippen LogP contribution in [0.25, 0.3) is 10.3 Å². The van der Waals surface area contributed by atoms with Crippen LogP contribution in [0.2, 0.25) is 0 Å². The van der Waals surface area contributed by atoms with Crippen LogP contribution in [0.3, 0.4) is 0 Å². The molecule has 1 aliphatic rings. The highest BCUT2D eigenvalue weighted by Gasteiger charge is 2.29. The largest absolute Gasteiger partial charge is 0.375 e. The van der Waals surface area contributed by atoms with Crippen molar-refractivity contribution in [2.75, 3.05) is 18.8 Å². The zero-order chi connectivity index (χ0) is 15.1. The number of likely N-dealkylation sites (tertiary alicyclic amines) is 1. The van der Waals surface area contributed by atoms with E-state index in [1.165, 1.54) is 22.7 Å². The first-order chi connectivity index (χ1) is 10.7. The maximum Gasteiger partial charge on any atom is 0.265 e. The van der Waals surface area contributed by atoms with E-state index in [2.05, 4.69) is 15.0 Å². The number of hydrogen-bond acceptors (Lipinski definition) is 7. The lowest BCUT2D eigenvalue weighted by Gasteiger charge is -2.15. The normalized spacial score (nSPS) is 18.2. The molecule has 4 rings (SSSR count). The van der Waals surface area contributed by atoms with Crippen LogP contribution < -0.4 is 5.73 Å². The van der Waals surface area contributed by atoms with Crippen molar-refractivity contribution in [3.8, 4) is 0 Å². The van der Waals surface area contributed by atoms with E-state index in [0.29, 0.717) is 22.2 Å². The lowest BCUT2D eigenvalue weighted by molar-refractivity contribution is 0.0795. The summed E-state index contributed by atoms with van der Waals surface area (Å²) >= 11 is 2.82. The number of amides is 1. The maximum atomic E-state index is 12.3. The number of carbonyl (C=O) groups excluding carboxylic acids is 1. The van der Waals surface area contributed by atoms with E-state index in [9.17, 15) is 4.79 Å². The lowest BCUT2D eigenvalue weighted by atomic mass is 10.0. The standard InChI is InChI=1S/C14H13N5OS2/c15-14-18-12-10(22-14)2-1-9(17-12)8-3-4-19(6-8)13(20)11-5-16-7-21-11/h1-2,5,7-8H,3-4,6H2,(H2,15,17,18)/t8-/m0/s1. The molecule has 2 N–H and O–H groups in total. The minimum Gasteiger partial charge on any atom is -0.375 e. The first-order valence-corrected chi connectivity index (χ1v) is 8.61. The average molecular weight is 331 g/mol. The molecule has 112 valence electrons. The summed E-state index contributed by atoms with van der Waals surface area (Å²) in [5.74, 6) is 0.313. The molecule has 0 spiro atoms. The summed E-state index contributed by atoms with van der Waals surface area (Å²) in [6.07, 6.45) is 2.55. The Bertz CT molecular complexity index is 829. The number of aromatic nitrogens is 3. The fraction of sp³-hybridized carbons (Fsp3) is 0.286. The van der Waals surface area contributed by atoms with Gasteiger partial charge in [-0.25, -0.2) is 9.97 Å². The highest BCUT2D eigenvalue weighted by Crippen LogP contribution is 2.30. The van der Waals surface area contributed by atoms with Gasteiger partial charge < -0.3 is 10.6 Å². The minimum atomic E-state index is 0.0592. The van der Waals surface area contributed by atoms with Gasteiger partial charge in [0.25, 0.3) is 5.91 Å². The van der Waals surface area contributed by atoms with Crippen LogP contribution in [0.4, 0.5) is 5.13 Å². The fourth-order valence-corrected chi connectivity index (χ4v) is 4.00. The number of rotatable bonds is 2.